The molecule has 2 aliphatic rings. The second kappa shape index (κ2) is 4.64. The fraction of sp³-hybridized carbons (Fsp3) is 0.333. The molecule has 1 heterocycles. The van der Waals surface area contributed by atoms with Crippen LogP contribution in [-0.2, 0) is 9.78 Å². The van der Waals surface area contributed by atoms with Crippen molar-refractivity contribution < 1.29 is 25.5 Å². The van der Waals surface area contributed by atoms with Crippen LogP contribution in [0.3, 0.4) is 0 Å². The molecule has 0 aromatic carbocycles. The lowest BCUT2D eigenvalue weighted by molar-refractivity contribution is -1.25. The molecule has 1 aliphatic carbocycles. The fourth-order valence-electron chi connectivity index (χ4n) is 1.73. The van der Waals surface area contributed by atoms with E-state index in [9.17, 15) is 15.6 Å². The summed E-state index contributed by atoms with van der Waals surface area (Å²) in [7, 11) is 1.27. The highest BCUT2D eigenvalue weighted by Crippen LogP contribution is 2.11. The molecule has 8 heteroatoms. The number of fused-ring (bicyclic) bond motifs is 1. The Labute approximate surface area is 97.2 Å². The summed E-state index contributed by atoms with van der Waals surface area (Å²) in [5.41, 5.74) is 1.01. The first kappa shape index (κ1) is 12.4. The number of quaternary nitrogens is 3. The standard InChI is InChI=1S/C9H13N3O5/c1-6-3-4-7-9(12(15)17-11(7)14)5-8(6)10(13)16-2/h3-5,8,10-12H,1-2H3. The molecule has 1 aliphatic heterocycles. The predicted molar refractivity (Wildman–Crippen MR) is 54.8 cm³/mol. The molecule has 17 heavy (non-hydrogen) atoms. The molecule has 1 fully saturated rings. The van der Waals surface area contributed by atoms with E-state index in [1.807, 2.05) is 0 Å². The second-order valence-corrected chi connectivity index (χ2v) is 3.75. The van der Waals surface area contributed by atoms with Crippen LogP contribution in [0.25, 0.3) is 0 Å². The van der Waals surface area contributed by atoms with E-state index in [1.165, 1.54) is 19.3 Å². The molecule has 0 aromatic heterocycles. The summed E-state index contributed by atoms with van der Waals surface area (Å²) in [6.45, 7) is 1.73. The van der Waals surface area contributed by atoms with Crippen LogP contribution in [0.4, 0.5) is 0 Å². The maximum absolute atomic E-state index is 11.5. The monoisotopic (exact) mass is 243 g/mol. The Morgan fingerprint density at radius 2 is 1.94 bits per heavy atom. The van der Waals surface area contributed by atoms with Gasteiger partial charge in [0.05, 0.1) is 13.2 Å². The second-order valence-electron chi connectivity index (χ2n) is 3.75. The summed E-state index contributed by atoms with van der Waals surface area (Å²) in [5.74, 6) is 0. The first-order valence-electron chi connectivity index (χ1n) is 4.99. The van der Waals surface area contributed by atoms with Crippen LogP contribution in [0.2, 0.25) is 0 Å². The van der Waals surface area contributed by atoms with E-state index in [2.05, 4.69) is 9.78 Å². The molecule has 3 N–H and O–H groups in total. The zero-order valence-electron chi connectivity index (χ0n) is 9.35. The minimum Gasteiger partial charge on any atom is -0.599 e. The summed E-state index contributed by atoms with van der Waals surface area (Å²) < 4.78 is 0. The summed E-state index contributed by atoms with van der Waals surface area (Å²) in [6.07, 6.45) is 4.50. The van der Waals surface area contributed by atoms with Gasteiger partial charge in [-0.2, -0.15) is 0 Å². The Hall–Kier alpha value is -1.10. The molecular formula is C9H13N3O5. The molecule has 0 aromatic rings. The zero-order valence-corrected chi connectivity index (χ0v) is 9.35. The molecule has 1 saturated heterocycles. The molecule has 0 spiro atoms. The van der Waals surface area contributed by atoms with Gasteiger partial charge in [0.1, 0.15) is 0 Å². The van der Waals surface area contributed by atoms with E-state index in [4.69, 9.17) is 0 Å². The van der Waals surface area contributed by atoms with Gasteiger partial charge in [-0.25, -0.2) is 10.1 Å². The van der Waals surface area contributed by atoms with Crippen molar-refractivity contribution >= 4 is 0 Å². The van der Waals surface area contributed by atoms with Gasteiger partial charge in [0.25, 0.3) is 0 Å². The Morgan fingerprint density at radius 3 is 2.59 bits per heavy atom. The van der Waals surface area contributed by atoms with E-state index in [0.29, 0.717) is 5.57 Å². The maximum atomic E-state index is 11.5. The number of nitrogens with one attached hydrogen (secondary N) is 3. The van der Waals surface area contributed by atoms with Crippen LogP contribution < -0.4 is 15.7 Å². The SMILES string of the molecule is CO[NH+]([O-])C1C=C2C(=CC=C1C)[NH+]([O-])O[NH+]2[O-]. The van der Waals surface area contributed by atoms with Gasteiger partial charge in [-0.1, -0.05) is 6.08 Å². The summed E-state index contributed by atoms with van der Waals surface area (Å²) >= 11 is 0. The maximum Gasteiger partial charge on any atom is 0.236 e. The normalized spacial score (nSPS) is 34.4. The summed E-state index contributed by atoms with van der Waals surface area (Å²) in [6, 6.07) is -0.665. The molecule has 0 amide bonds. The number of hydrogen-bond donors (Lipinski definition) is 3. The van der Waals surface area contributed by atoms with Crippen LogP contribution >= 0.6 is 0 Å². The molecule has 0 radical (unpaired) electrons. The largest absolute Gasteiger partial charge is 0.599 e. The topological polar surface area (TPSA) is 101 Å². The number of rotatable bonds is 2. The van der Waals surface area contributed by atoms with Gasteiger partial charge in [-0.15, -0.1) is 10.5 Å². The number of hydrogen-bond acceptors (Lipinski definition) is 5. The van der Waals surface area contributed by atoms with E-state index in [0.717, 1.165) is 0 Å². The average molecular weight is 243 g/mol. The molecule has 8 nitrogen and oxygen atoms in total. The van der Waals surface area contributed by atoms with E-state index < -0.39 is 21.7 Å². The minimum absolute atomic E-state index is 0.124. The third kappa shape index (κ3) is 2.16. The quantitative estimate of drug-likeness (QED) is 0.347. The molecule has 0 saturated carbocycles. The molecule has 2 rings (SSSR count). The lowest BCUT2D eigenvalue weighted by Gasteiger charge is -2.25. The van der Waals surface area contributed by atoms with Crippen molar-refractivity contribution in [2.45, 2.75) is 13.0 Å². The highest BCUT2D eigenvalue weighted by molar-refractivity contribution is 5.32. The highest BCUT2D eigenvalue weighted by Gasteiger charge is 2.37. The van der Waals surface area contributed by atoms with Crippen molar-refractivity contribution in [2.75, 3.05) is 7.11 Å². The molecular weight excluding hydrogens is 230 g/mol. The van der Waals surface area contributed by atoms with Crippen molar-refractivity contribution in [3.63, 3.8) is 0 Å². The summed E-state index contributed by atoms with van der Waals surface area (Å²) in [4.78, 5) is 9.11. The van der Waals surface area contributed by atoms with Crippen molar-refractivity contribution in [1.29, 1.82) is 0 Å². The van der Waals surface area contributed by atoms with Gasteiger partial charge in [0, 0.05) is 11.0 Å². The molecule has 4 atom stereocenters. The predicted octanol–water partition coefficient (Wildman–Crippen LogP) is -3.35. The van der Waals surface area contributed by atoms with Crippen molar-refractivity contribution in [3.05, 3.63) is 50.8 Å². The smallest absolute Gasteiger partial charge is 0.236 e. The van der Waals surface area contributed by atoms with Crippen LogP contribution in [0, 0.1) is 15.6 Å². The van der Waals surface area contributed by atoms with Crippen LogP contribution in [-0.4, -0.2) is 13.2 Å². The highest BCUT2D eigenvalue weighted by atomic mass is 17.1. The van der Waals surface area contributed by atoms with Gasteiger partial charge < -0.3 is 15.6 Å². The lowest BCUT2D eigenvalue weighted by atomic mass is 10.1. The number of hydroxylamine groups is 6. The van der Waals surface area contributed by atoms with Gasteiger partial charge in [-0.05, 0) is 12.5 Å². The fourth-order valence-corrected chi connectivity index (χ4v) is 1.73. The third-order valence-corrected chi connectivity index (χ3v) is 2.71. The van der Waals surface area contributed by atoms with Crippen LogP contribution in [0.1, 0.15) is 6.92 Å². The lowest BCUT2D eigenvalue weighted by Crippen LogP contribution is -3.16. The van der Waals surface area contributed by atoms with E-state index in [-0.39, 0.29) is 11.4 Å². The van der Waals surface area contributed by atoms with Gasteiger partial charge in [0.15, 0.2) is 6.04 Å². The molecule has 0 bridgehead atoms. The summed E-state index contributed by atoms with van der Waals surface area (Å²) in [5, 5.41) is 32.4. The Balaban J connectivity index is 2.39. The molecule has 94 valence electrons. The van der Waals surface area contributed by atoms with Crippen LogP contribution in [0.5, 0.6) is 0 Å². The minimum atomic E-state index is -0.724. The van der Waals surface area contributed by atoms with Gasteiger partial charge in [-0.3, -0.25) is 0 Å². The zero-order chi connectivity index (χ0) is 12.6. The Bertz CT molecular complexity index is 405. The van der Waals surface area contributed by atoms with Crippen molar-refractivity contribution in [2.24, 2.45) is 0 Å². The average Bonchev–Trinajstić information content (AvgIpc) is 2.48. The van der Waals surface area contributed by atoms with Crippen molar-refractivity contribution in [3.8, 4) is 0 Å². The van der Waals surface area contributed by atoms with Gasteiger partial charge in [0.2, 0.25) is 11.4 Å². The van der Waals surface area contributed by atoms with Crippen LogP contribution in [0.15, 0.2) is 35.2 Å². The number of allylic oxidation sites excluding steroid dienone is 2. The first-order valence-corrected chi connectivity index (χ1v) is 4.99. The third-order valence-electron chi connectivity index (χ3n) is 2.71. The Morgan fingerprint density at radius 1 is 1.29 bits per heavy atom. The molecule has 4 unspecified atom stereocenters. The Kier molecular flexibility index (Phi) is 3.38. The van der Waals surface area contributed by atoms with Crippen molar-refractivity contribution in [1.82, 2.24) is 0 Å². The first-order chi connectivity index (χ1) is 8.04. The van der Waals surface area contributed by atoms with Gasteiger partial charge >= 0.3 is 0 Å². The van der Waals surface area contributed by atoms with E-state index in [1.54, 1.807) is 13.0 Å². The van der Waals surface area contributed by atoms with E-state index >= 15 is 0 Å².